The SMILES string of the molecule is Cc1ccsc1-c1csc(C2(N)CCC(C)CC2)n1. The van der Waals surface area contributed by atoms with Gasteiger partial charge >= 0.3 is 0 Å². The second-order valence-electron chi connectivity index (χ2n) is 5.81. The predicted molar refractivity (Wildman–Crippen MR) is 83.7 cm³/mol. The first-order chi connectivity index (χ1) is 9.08. The molecule has 3 rings (SSSR count). The molecule has 1 saturated carbocycles. The normalized spacial score (nSPS) is 27.6. The van der Waals surface area contributed by atoms with Crippen LogP contribution in [0.2, 0.25) is 0 Å². The van der Waals surface area contributed by atoms with Gasteiger partial charge in [0.25, 0.3) is 0 Å². The van der Waals surface area contributed by atoms with E-state index in [0.29, 0.717) is 0 Å². The van der Waals surface area contributed by atoms with Crippen LogP contribution in [0.25, 0.3) is 10.6 Å². The van der Waals surface area contributed by atoms with Crippen molar-refractivity contribution in [1.29, 1.82) is 0 Å². The van der Waals surface area contributed by atoms with Crippen LogP contribution in [0.5, 0.6) is 0 Å². The molecule has 1 aliphatic rings. The highest BCUT2D eigenvalue weighted by atomic mass is 32.1. The summed E-state index contributed by atoms with van der Waals surface area (Å²) in [5.74, 6) is 0.815. The first-order valence-corrected chi connectivity index (χ1v) is 8.64. The molecular formula is C15H20N2S2. The minimum absolute atomic E-state index is 0.180. The van der Waals surface area contributed by atoms with Gasteiger partial charge in [0, 0.05) is 5.38 Å². The van der Waals surface area contributed by atoms with Crippen LogP contribution in [0.3, 0.4) is 0 Å². The molecule has 0 spiro atoms. The van der Waals surface area contributed by atoms with Crippen molar-refractivity contribution in [2.45, 2.75) is 45.1 Å². The highest BCUT2D eigenvalue weighted by Crippen LogP contribution is 2.40. The van der Waals surface area contributed by atoms with Crippen LogP contribution < -0.4 is 5.73 Å². The van der Waals surface area contributed by atoms with E-state index in [0.717, 1.165) is 29.5 Å². The quantitative estimate of drug-likeness (QED) is 0.882. The van der Waals surface area contributed by atoms with Gasteiger partial charge < -0.3 is 5.73 Å². The average molecular weight is 292 g/mol. The molecule has 1 fully saturated rings. The van der Waals surface area contributed by atoms with Crippen LogP contribution in [0.4, 0.5) is 0 Å². The second kappa shape index (κ2) is 5.00. The second-order valence-corrected chi connectivity index (χ2v) is 7.58. The van der Waals surface area contributed by atoms with Crippen molar-refractivity contribution in [1.82, 2.24) is 4.98 Å². The van der Waals surface area contributed by atoms with Gasteiger partial charge in [0.2, 0.25) is 0 Å². The summed E-state index contributed by atoms with van der Waals surface area (Å²) < 4.78 is 0. The van der Waals surface area contributed by atoms with Crippen LogP contribution in [0, 0.1) is 12.8 Å². The number of aryl methyl sites for hydroxylation is 1. The van der Waals surface area contributed by atoms with Gasteiger partial charge in [-0.15, -0.1) is 22.7 Å². The Balaban J connectivity index is 1.87. The zero-order valence-corrected chi connectivity index (χ0v) is 13.1. The van der Waals surface area contributed by atoms with Crippen molar-refractivity contribution in [3.05, 3.63) is 27.4 Å². The largest absolute Gasteiger partial charge is 0.319 e. The number of nitrogens with two attached hydrogens (primary N) is 1. The first kappa shape index (κ1) is 13.3. The average Bonchev–Trinajstić information content (AvgIpc) is 3.01. The van der Waals surface area contributed by atoms with Crippen LogP contribution in [-0.2, 0) is 5.54 Å². The fourth-order valence-electron chi connectivity index (χ4n) is 2.73. The fourth-order valence-corrected chi connectivity index (χ4v) is 4.68. The summed E-state index contributed by atoms with van der Waals surface area (Å²) in [6.07, 6.45) is 4.60. The third-order valence-corrected chi connectivity index (χ3v) is 6.29. The van der Waals surface area contributed by atoms with Crippen LogP contribution >= 0.6 is 22.7 Å². The first-order valence-electron chi connectivity index (χ1n) is 6.88. The maximum absolute atomic E-state index is 6.60. The minimum Gasteiger partial charge on any atom is -0.319 e. The van der Waals surface area contributed by atoms with Gasteiger partial charge in [-0.25, -0.2) is 4.98 Å². The summed E-state index contributed by atoms with van der Waals surface area (Å²) in [5, 5.41) is 5.42. The summed E-state index contributed by atoms with van der Waals surface area (Å²) in [6.45, 7) is 4.47. The highest BCUT2D eigenvalue weighted by molar-refractivity contribution is 7.14. The summed E-state index contributed by atoms with van der Waals surface area (Å²) >= 11 is 3.50. The van der Waals surface area contributed by atoms with Gasteiger partial charge in [0.15, 0.2) is 0 Å². The third kappa shape index (κ3) is 2.49. The molecule has 0 bridgehead atoms. The van der Waals surface area contributed by atoms with Crippen molar-refractivity contribution in [3.8, 4) is 10.6 Å². The predicted octanol–water partition coefficient (Wildman–Crippen LogP) is 4.54. The zero-order valence-electron chi connectivity index (χ0n) is 11.5. The standard InChI is InChI=1S/C15H20N2S2/c1-10-3-6-15(16,7-4-10)14-17-12(9-19-14)13-11(2)5-8-18-13/h5,8-10H,3-4,6-7,16H2,1-2H3. The summed E-state index contributed by atoms with van der Waals surface area (Å²) in [4.78, 5) is 6.13. The summed E-state index contributed by atoms with van der Waals surface area (Å²) in [5.41, 5.74) is 8.84. The Morgan fingerprint density at radius 1 is 1.32 bits per heavy atom. The number of rotatable bonds is 2. The van der Waals surface area contributed by atoms with Gasteiger partial charge in [-0.2, -0.15) is 0 Å². The topological polar surface area (TPSA) is 38.9 Å². The molecule has 4 heteroatoms. The Labute approximate surface area is 122 Å². The zero-order chi connectivity index (χ0) is 13.5. The molecule has 2 aromatic heterocycles. The van der Waals surface area contributed by atoms with Gasteiger partial charge in [0.05, 0.1) is 16.1 Å². The summed E-state index contributed by atoms with van der Waals surface area (Å²) in [7, 11) is 0. The lowest BCUT2D eigenvalue weighted by atomic mass is 9.78. The maximum atomic E-state index is 6.60. The monoisotopic (exact) mass is 292 g/mol. The van der Waals surface area contributed by atoms with E-state index in [9.17, 15) is 0 Å². The Hall–Kier alpha value is -0.710. The molecule has 102 valence electrons. The van der Waals surface area contributed by atoms with E-state index in [4.69, 9.17) is 10.7 Å². The third-order valence-electron chi connectivity index (χ3n) is 4.19. The molecule has 0 aromatic carbocycles. The molecular weight excluding hydrogens is 272 g/mol. The van der Waals surface area contributed by atoms with E-state index in [1.54, 1.807) is 22.7 Å². The maximum Gasteiger partial charge on any atom is 0.113 e. The molecule has 2 nitrogen and oxygen atoms in total. The molecule has 2 N–H and O–H groups in total. The lowest BCUT2D eigenvalue weighted by Gasteiger charge is -2.34. The molecule has 0 aliphatic heterocycles. The van der Waals surface area contributed by atoms with E-state index in [2.05, 4.69) is 30.7 Å². The smallest absolute Gasteiger partial charge is 0.113 e. The number of hydrogen-bond acceptors (Lipinski definition) is 4. The molecule has 0 unspecified atom stereocenters. The lowest BCUT2D eigenvalue weighted by Crippen LogP contribution is -2.40. The van der Waals surface area contributed by atoms with E-state index >= 15 is 0 Å². The number of hydrogen-bond donors (Lipinski definition) is 1. The van der Waals surface area contributed by atoms with Crippen molar-refractivity contribution in [2.75, 3.05) is 0 Å². The van der Waals surface area contributed by atoms with Gasteiger partial charge in [-0.3, -0.25) is 0 Å². The molecule has 1 aliphatic carbocycles. The molecule has 0 atom stereocenters. The van der Waals surface area contributed by atoms with Crippen molar-refractivity contribution < 1.29 is 0 Å². The van der Waals surface area contributed by atoms with Crippen LogP contribution in [-0.4, -0.2) is 4.98 Å². The Kier molecular flexibility index (Phi) is 3.50. The van der Waals surface area contributed by atoms with Crippen LogP contribution in [0.1, 0.15) is 43.2 Å². The number of aromatic nitrogens is 1. The molecule has 2 aromatic rings. The van der Waals surface area contributed by atoms with E-state index < -0.39 is 0 Å². The van der Waals surface area contributed by atoms with Crippen molar-refractivity contribution in [3.63, 3.8) is 0 Å². The van der Waals surface area contributed by atoms with Gasteiger partial charge in [-0.05, 0) is 55.5 Å². The molecule has 0 radical (unpaired) electrons. The van der Waals surface area contributed by atoms with E-state index in [1.165, 1.54) is 23.3 Å². The molecule has 0 amide bonds. The minimum atomic E-state index is -0.180. The Morgan fingerprint density at radius 2 is 2.05 bits per heavy atom. The fraction of sp³-hybridized carbons (Fsp3) is 0.533. The van der Waals surface area contributed by atoms with Crippen LogP contribution in [0.15, 0.2) is 16.8 Å². The van der Waals surface area contributed by atoms with E-state index in [1.807, 2.05) is 0 Å². The Morgan fingerprint density at radius 3 is 2.68 bits per heavy atom. The lowest BCUT2D eigenvalue weighted by molar-refractivity contribution is 0.247. The number of thiophene rings is 1. The molecule has 0 saturated heterocycles. The van der Waals surface area contributed by atoms with E-state index in [-0.39, 0.29) is 5.54 Å². The van der Waals surface area contributed by atoms with Gasteiger partial charge in [0.1, 0.15) is 5.01 Å². The number of thiazole rings is 1. The summed E-state index contributed by atoms with van der Waals surface area (Å²) in [6, 6.07) is 2.15. The number of nitrogens with zero attached hydrogens (tertiary/aromatic N) is 1. The molecule has 2 heterocycles. The van der Waals surface area contributed by atoms with Crippen molar-refractivity contribution >= 4 is 22.7 Å². The Bertz CT molecular complexity index is 562. The van der Waals surface area contributed by atoms with Gasteiger partial charge in [-0.1, -0.05) is 6.92 Å². The molecule has 19 heavy (non-hydrogen) atoms. The van der Waals surface area contributed by atoms with Crippen molar-refractivity contribution in [2.24, 2.45) is 11.7 Å². The highest BCUT2D eigenvalue weighted by Gasteiger charge is 2.34.